The first-order valence-electron chi connectivity index (χ1n) is 6.59. The van der Waals surface area contributed by atoms with Crippen molar-refractivity contribution in [1.82, 2.24) is 5.32 Å². The van der Waals surface area contributed by atoms with Crippen molar-refractivity contribution in [2.24, 2.45) is 0 Å². The average molecular weight is 349 g/mol. The number of carbonyl (C=O) groups excluding carboxylic acids is 1. The molecule has 0 bridgehead atoms. The molecular formula is C16H17BrN2O2. The molecule has 0 heterocycles. The first kappa shape index (κ1) is 15.4. The minimum Gasteiger partial charge on any atom is -0.492 e. The monoisotopic (exact) mass is 348 g/mol. The van der Waals surface area contributed by atoms with Crippen molar-refractivity contribution in [2.75, 3.05) is 18.9 Å². The van der Waals surface area contributed by atoms with Gasteiger partial charge in [-0.15, -0.1) is 0 Å². The van der Waals surface area contributed by atoms with Gasteiger partial charge in [-0.2, -0.15) is 0 Å². The summed E-state index contributed by atoms with van der Waals surface area (Å²) in [5.41, 5.74) is 7.97. The Balaban J connectivity index is 1.83. The van der Waals surface area contributed by atoms with Crippen LogP contribution in [0, 0.1) is 6.92 Å². The summed E-state index contributed by atoms with van der Waals surface area (Å²) in [7, 11) is 0. The first-order chi connectivity index (χ1) is 10.1. The van der Waals surface area contributed by atoms with E-state index in [9.17, 15) is 4.79 Å². The zero-order valence-corrected chi connectivity index (χ0v) is 13.3. The fourth-order valence-electron chi connectivity index (χ4n) is 1.86. The van der Waals surface area contributed by atoms with Crippen molar-refractivity contribution in [3.05, 3.63) is 58.1 Å². The van der Waals surface area contributed by atoms with Crippen LogP contribution in [0.5, 0.6) is 5.75 Å². The number of hydrogen-bond donors (Lipinski definition) is 2. The lowest BCUT2D eigenvalue weighted by atomic mass is 10.1. The number of halogens is 1. The SMILES string of the molecule is Cc1cccc(C(=O)NCCOc2cccc(N)c2)c1Br. The number of aryl methyl sites for hydroxylation is 1. The molecule has 2 aromatic rings. The van der Waals surface area contributed by atoms with Gasteiger partial charge in [-0.25, -0.2) is 0 Å². The van der Waals surface area contributed by atoms with Gasteiger partial charge in [0.2, 0.25) is 0 Å². The highest BCUT2D eigenvalue weighted by Gasteiger charge is 2.10. The van der Waals surface area contributed by atoms with Crippen molar-refractivity contribution >= 4 is 27.5 Å². The predicted molar refractivity (Wildman–Crippen MR) is 87.6 cm³/mol. The molecule has 5 heteroatoms. The van der Waals surface area contributed by atoms with Gasteiger partial charge in [0.05, 0.1) is 12.1 Å². The highest BCUT2D eigenvalue weighted by atomic mass is 79.9. The van der Waals surface area contributed by atoms with Gasteiger partial charge >= 0.3 is 0 Å². The van der Waals surface area contributed by atoms with E-state index in [0.29, 0.717) is 30.2 Å². The van der Waals surface area contributed by atoms with E-state index in [1.807, 2.05) is 31.2 Å². The van der Waals surface area contributed by atoms with Crippen LogP contribution in [0.2, 0.25) is 0 Å². The van der Waals surface area contributed by atoms with E-state index >= 15 is 0 Å². The molecule has 0 saturated carbocycles. The molecule has 0 fully saturated rings. The molecule has 0 aromatic heterocycles. The van der Waals surface area contributed by atoms with E-state index in [1.54, 1.807) is 18.2 Å². The maximum absolute atomic E-state index is 12.1. The van der Waals surface area contributed by atoms with Crippen LogP contribution in [0.4, 0.5) is 5.69 Å². The average Bonchev–Trinajstić information content (AvgIpc) is 2.46. The van der Waals surface area contributed by atoms with Crippen molar-refractivity contribution in [3.63, 3.8) is 0 Å². The van der Waals surface area contributed by atoms with E-state index in [0.717, 1.165) is 10.0 Å². The summed E-state index contributed by atoms with van der Waals surface area (Å²) in [5.74, 6) is 0.572. The second kappa shape index (κ2) is 7.13. The lowest BCUT2D eigenvalue weighted by Crippen LogP contribution is -2.28. The van der Waals surface area contributed by atoms with Gasteiger partial charge in [0.1, 0.15) is 12.4 Å². The number of anilines is 1. The minimum atomic E-state index is -0.123. The minimum absolute atomic E-state index is 0.123. The number of carbonyl (C=O) groups is 1. The highest BCUT2D eigenvalue weighted by Crippen LogP contribution is 2.20. The summed E-state index contributed by atoms with van der Waals surface area (Å²) in [6, 6.07) is 12.8. The molecule has 2 rings (SSSR count). The molecule has 0 aliphatic carbocycles. The Bertz CT molecular complexity index is 644. The number of nitrogen functional groups attached to an aromatic ring is 1. The number of nitrogens with two attached hydrogens (primary N) is 1. The predicted octanol–water partition coefficient (Wildman–Crippen LogP) is 3.15. The molecule has 1 amide bonds. The van der Waals surface area contributed by atoms with Crippen molar-refractivity contribution < 1.29 is 9.53 Å². The quantitative estimate of drug-likeness (QED) is 0.644. The van der Waals surface area contributed by atoms with Crippen molar-refractivity contribution in [2.45, 2.75) is 6.92 Å². The van der Waals surface area contributed by atoms with Gasteiger partial charge in [-0.05, 0) is 46.6 Å². The Morgan fingerprint density at radius 2 is 2.05 bits per heavy atom. The molecule has 0 radical (unpaired) electrons. The topological polar surface area (TPSA) is 64.3 Å². The van der Waals surface area contributed by atoms with E-state index in [2.05, 4.69) is 21.2 Å². The van der Waals surface area contributed by atoms with E-state index < -0.39 is 0 Å². The largest absolute Gasteiger partial charge is 0.492 e. The number of hydrogen-bond acceptors (Lipinski definition) is 3. The van der Waals surface area contributed by atoms with Crippen LogP contribution in [0.3, 0.4) is 0 Å². The van der Waals surface area contributed by atoms with Gasteiger partial charge in [0.15, 0.2) is 0 Å². The van der Waals surface area contributed by atoms with Gasteiger partial charge < -0.3 is 15.8 Å². The molecule has 3 N–H and O–H groups in total. The lowest BCUT2D eigenvalue weighted by molar-refractivity contribution is 0.0946. The van der Waals surface area contributed by atoms with Gasteiger partial charge in [-0.1, -0.05) is 18.2 Å². The van der Waals surface area contributed by atoms with Gasteiger partial charge in [-0.3, -0.25) is 4.79 Å². The fraction of sp³-hybridized carbons (Fsp3) is 0.188. The summed E-state index contributed by atoms with van der Waals surface area (Å²) >= 11 is 3.43. The van der Waals surface area contributed by atoms with Crippen LogP contribution in [-0.4, -0.2) is 19.1 Å². The first-order valence-corrected chi connectivity index (χ1v) is 7.39. The van der Waals surface area contributed by atoms with Crippen molar-refractivity contribution in [1.29, 1.82) is 0 Å². The van der Waals surface area contributed by atoms with Crippen LogP contribution in [0.15, 0.2) is 46.9 Å². The fourth-order valence-corrected chi connectivity index (χ4v) is 2.30. The molecule has 0 spiro atoms. The van der Waals surface area contributed by atoms with Gasteiger partial charge in [0, 0.05) is 16.2 Å². The normalized spacial score (nSPS) is 10.2. The summed E-state index contributed by atoms with van der Waals surface area (Å²) in [6.45, 7) is 2.76. The third kappa shape index (κ3) is 4.23. The Morgan fingerprint density at radius 3 is 2.81 bits per heavy atom. The zero-order valence-electron chi connectivity index (χ0n) is 11.7. The number of ether oxygens (including phenoxy) is 1. The van der Waals surface area contributed by atoms with E-state index in [1.165, 1.54) is 0 Å². The molecule has 0 aliphatic rings. The third-order valence-electron chi connectivity index (χ3n) is 2.95. The van der Waals surface area contributed by atoms with Gasteiger partial charge in [0.25, 0.3) is 5.91 Å². The number of rotatable bonds is 5. The van der Waals surface area contributed by atoms with Crippen molar-refractivity contribution in [3.8, 4) is 5.75 Å². The number of nitrogens with one attached hydrogen (secondary N) is 1. The summed E-state index contributed by atoms with van der Waals surface area (Å²) in [6.07, 6.45) is 0. The Morgan fingerprint density at radius 1 is 1.29 bits per heavy atom. The Kier molecular flexibility index (Phi) is 5.22. The van der Waals surface area contributed by atoms with E-state index in [4.69, 9.17) is 10.5 Å². The van der Waals surface area contributed by atoms with Crippen LogP contribution < -0.4 is 15.8 Å². The lowest BCUT2D eigenvalue weighted by Gasteiger charge is -2.10. The summed E-state index contributed by atoms with van der Waals surface area (Å²) in [5, 5.41) is 2.83. The summed E-state index contributed by atoms with van der Waals surface area (Å²) < 4.78 is 6.34. The Labute approximate surface area is 132 Å². The van der Waals surface area contributed by atoms with Crippen LogP contribution in [0.1, 0.15) is 15.9 Å². The molecule has 0 saturated heterocycles. The highest BCUT2D eigenvalue weighted by molar-refractivity contribution is 9.10. The summed E-state index contributed by atoms with van der Waals surface area (Å²) in [4.78, 5) is 12.1. The zero-order chi connectivity index (χ0) is 15.2. The molecular weight excluding hydrogens is 332 g/mol. The van der Waals surface area contributed by atoms with Crippen LogP contribution >= 0.6 is 15.9 Å². The molecule has 2 aromatic carbocycles. The van der Waals surface area contributed by atoms with Crippen LogP contribution in [0.25, 0.3) is 0 Å². The van der Waals surface area contributed by atoms with E-state index in [-0.39, 0.29) is 5.91 Å². The molecule has 4 nitrogen and oxygen atoms in total. The second-order valence-electron chi connectivity index (χ2n) is 4.61. The molecule has 21 heavy (non-hydrogen) atoms. The standard InChI is InChI=1S/C16H17BrN2O2/c1-11-4-2-7-14(15(11)17)16(20)19-8-9-21-13-6-3-5-12(18)10-13/h2-7,10H,8-9,18H2,1H3,(H,19,20). The molecule has 0 aliphatic heterocycles. The smallest absolute Gasteiger partial charge is 0.252 e. The number of benzene rings is 2. The van der Waals surface area contributed by atoms with Crippen LogP contribution in [-0.2, 0) is 0 Å². The molecule has 0 unspecified atom stereocenters. The molecule has 110 valence electrons. The Hall–Kier alpha value is -2.01. The molecule has 0 atom stereocenters. The maximum Gasteiger partial charge on any atom is 0.252 e. The third-order valence-corrected chi connectivity index (χ3v) is 4.00. The maximum atomic E-state index is 12.1. The second-order valence-corrected chi connectivity index (χ2v) is 5.41. The number of amides is 1.